The summed E-state index contributed by atoms with van der Waals surface area (Å²) in [6.07, 6.45) is 6.63. The molecule has 2 aromatic heterocycles. The van der Waals surface area contributed by atoms with Gasteiger partial charge in [0.2, 0.25) is 0 Å². The van der Waals surface area contributed by atoms with Crippen LogP contribution in [0.3, 0.4) is 0 Å². The Bertz CT molecular complexity index is 756. The molecule has 0 aromatic carbocycles. The van der Waals surface area contributed by atoms with Gasteiger partial charge in [-0.15, -0.1) is 11.8 Å². The SMILES string of the molecule is CSc1ccc(C(=O)NC[C@@H]2CCn3ncc(C(N)=O)c3C2)cn1. The molecule has 0 radical (unpaired) electrons. The molecular formula is C16H19N5O2S. The van der Waals surface area contributed by atoms with Crippen LogP contribution in [0, 0.1) is 5.92 Å². The topological polar surface area (TPSA) is 103 Å². The van der Waals surface area contributed by atoms with E-state index in [0.717, 1.165) is 23.7 Å². The molecule has 0 bridgehead atoms. The summed E-state index contributed by atoms with van der Waals surface area (Å²) in [5, 5.41) is 8.02. The van der Waals surface area contributed by atoms with Crippen molar-refractivity contribution in [1.29, 1.82) is 0 Å². The van der Waals surface area contributed by atoms with Crippen LogP contribution in [0.1, 0.15) is 32.8 Å². The van der Waals surface area contributed by atoms with E-state index in [1.807, 2.05) is 17.0 Å². The van der Waals surface area contributed by atoms with E-state index in [0.29, 0.717) is 24.1 Å². The van der Waals surface area contributed by atoms with E-state index in [1.54, 1.807) is 12.3 Å². The minimum Gasteiger partial charge on any atom is -0.365 e. The Balaban J connectivity index is 1.59. The van der Waals surface area contributed by atoms with Crippen molar-refractivity contribution in [2.75, 3.05) is 12.8 Å². The molecule has 2 aromatic rings. The lowest BCUT2D eigenvalue weighted by Gasteiger charge is -2.24. The Morgan fingerprint density at radius 2 is 2.25 bits per heavy atom. The number of nitrogens with zero attached hydrogens (tertiary/aromatic N) is 3. The van der Waals surface area contributed by atoms with E-state index in [4.69, 9.17) is 5.73 Å². The second kappa shape index (κ2) is 7.04. The summed E-state index contributed by atoms with van der Waals surface area (Å²) in [6.45, 7) is 1.28. The molecule has 3 N–H and O–H groups in total. The normalized spacial score (nSPS) is 16.5. The molecule has 1 atom stereocenters. The third-order valence-corrected chi connectivity index (χ3v) is 4.86. The molecule has 3 rings (SSSR count). The third kappa shape index (κ3) is 3.43. The van der Waals surface area contributed by atoms with Crippen LogP contribution >= 0.6 is 11.8 Å². The van der Waals surface area contributed by atoms with Gasteiger partial charge in [-0.3, -0.25) is 14.3 Å². The number of thioether (sulfide) groups is 1. The number of carbonyl (C=O) groups is 2. The molecule has 1 aliphatic rings. The van der Waals surface area contributed by atoms with Crippen LogP contribution in [0.4, 0.5) is 0 Å². The zero-order valence-corrected chi connectivity index (χ0v) is 14.2. The van der Waals surface area contributed by atoms with Crippen molar-refractivity contribution in [3.63, 3.8) is 0 Å². The zero-order chi connectivity index (χ0) is 17.1. The number of aryl methyl sites for hydroxylation is 1. The minimum atomic E-state index is -0.458. The largest absolute Gasteiger partial charge is 0.365 e. The van der Waals surface area contributed by atoms with Crippen molar-refractivity contribution < 1.29 is 9.59 Å². The minimum absolute atomic E-state index is 0.135. The van der Waals surface area contributed by atoms with E-state index in [1.165, 1.54) is 18.0 Å². The molecule has 0 aliphatic carbocycles. The van der Waals surface area contributed by atoms with Crippen molar-refractivity contribution in [2.45, 2.75) is 24.4 Å². The van der Waals surface area contributed by atoms with Gasteiger partial charge < -0.3 is 11.1 Å². The lowest BCUT2D eigenvalue weighted by molar-refractivity contribution is 0.0941. The molecule has 8 heteroatoms. The molecule has 0 saturated heterocycles. The quantitative estimate of drug-likeness (QED) is 0.790. The van der Waals surface area contributed by atoms with Gasteiger partial charge in [0.25, 0.3) is 11.8 Å². The van der Waals surface area contributed by atoms with Gasteiger partial charge in [-0.25, -0.2) is 4.98 Å². The van der Waals surface area contributed by atoms with Crippen LogP contribution in [0.5, 0.6) is 0 Å². The van der Waals surface area contributed by atoms with Crippen molar-refractivity contribution >= 4 is 23.6 Å². The predicted molar refractivity (Wildman–Crippen MR) is 90.9 cm³/mol. The van der Waals surface area contributed by atoms with Crippen LogP contribution in [-0.4, -0.2) is 39.4 Å². The Morgan fingerprint density at radius 1 is 1.42 bits per heavy atom. The van der Waals surface area contributed by atoms with Gasteiger partial charge in [0, 0.05) is 19.3 Å². The average Bonchev–Trinajstić information content (AvgIpc) is 3.03. The van der Waals surface area contributed by atoms with E-state index in [2.05, 4.69) is 15.4 Å². The van der Waals surface area contributed by atoms with E-state index in [-0.39, 0.29) is 11.8 Å². The highest BCUT2D eigenvalue weighted by molar-refractivity contribution is 7.98. The Morgan fingerprint density at radius 3 is 2.92 bits per heavy atom. The van der Waals surface area contributed by atoms with Gasteiger partial charge in [0.15, 0.2) is 0 Å². The molecule has 2 amide bonds. The van der Waals surface area contributed by atoms with Crippen molar-refractivity contribution in [3.8, 4) is 0 Å². The summed E-state index contributed by atoms with van der Waals surface area (Å²) < 4.78 is 1.82. The van der Waals surface area contributed by atoms with Crippen molar-refractivity contribution in [2.24, 2.45) is 11.7 Å². The first kappa shape index (κ1) is 16.5. The maximum Gasteiger partial charge on any atom is 0.252 e. The number of fused-ring (bicyclic) bond motifs is 1. The van der Waals surface area contributed by atoms with Crippen LogP contribution in [0.25, 0.3) is 0 Å². The maximum atomic E-state index is 12.2. The van der Waals surface area contributed by atoms with Crippen molar-refractivity contribution in [1.82, 2.24) is 20.1 Å². The number of hydrogen-bond acceptors (Lipinski definition) is 5. The predicted octanol–water partition coefficient (Wildman–Crippen LogP) is 1.09. The molecule has 1 aliphatic heterocycles. The lowest BCUT2D eigenvalue weighted by Crippen LogP contribution is -2.34. The number of rotatable bonds is 5. The molecule has 7 nitrogen and oxygen atoms in total. The van der Waals surface area contributed by atoms with Gasteiger partial charge in [0.1, 0.15) is 0 Å². The van der Waals surface area contributed by atoms with Gasteiger partial charge >= 0.3 is 0 Å². The fraction of sp³-hybridized carbons (Fsp3) is 0.375. The number of primary amides is 1. The molecular weight excluding hydrogens is 326 g/mol. The molecule has 0 saturated carbocycles. The van der Waals surface area contributed by atoms with Crippen LogP contribution < -0.4 is 11.1 Å². The molecule has 0 spiro atoms. The lowest BCUT2D eigenvalue weighted by atomic mass is 9.94. The highest BCUT2D eigenvalue weighted by atomic mass is 32.2. The molecule has 126 valence electrons. The van der Waals surface area contributed by atoms with E-state index >= 15 is 0 Å². The first-order valence-corrected chi connectivity index (χ1v) is 8.93. The van der Waals surface area contributed by atoms with Gasteiger partial charge in [-0.05, 0) is 37.1 Å². The van der Waals surface area contributed by atoms with Gasteiger partial charge in [-0.1, -0.05) is 0 Å². The smallest absolute Gasteiger partial charge is 0.252 e. The highest BCUT2D eigenvalue weighted by Gasteiger charge is 2.24. The number of amides is 2. The van der Waals surface area contributed by atoms with Crippen LogP contribution in [0.2, 0.25) is 0 Å². The Labute approximate surface area is 144 Å². The summed E-state index contributed by atoms with van der Waals surface area (Å²) in [7, 11) is 0. The number of nitrogens with one attached hydrogen (secondary N) is 1. The summed E-state index contributed by atoms with van der Waals surface area (Å²) >= 11 is 1.53. The van der Waals surface area contributed by atoms with Crippen LogP contribution in [0.15, 0.2) is 29.6 Å². The van der Waals surface area contributed by atoms with Gasteiger partial charge in [-0.2, -0.15) is 5.10 Å². The fourth-order valence-electron chi connectivity index (χ4n) is 2.85. The maximum absolute atomic E-state index is 12.2. The fourth-order valence-corrected chi connectivity index (χ4v) is 3.22. The first-order chi connectivity index (χ1) is 11.6. The van der Waals surface area contributed by atoms with Crippen LogP contribution in [-0.2, 0) is 13.0 Å². The second-order valence-corrected chi connectivity index (χ2v) is 6.58. The highest BCUT2D eigenvalue weighted by Crippen LogP contribution is 2.22. The average molecular weight is 345 g/mol. The summed E-state index contributed by atoms with van der Waals surface area (Å²) in [5.74, 6) is -0.333. The Kier molecular flexibility index (Phi) is 4.84. The summed E-state index contributed by atoms with van der Waals surface area (Å²) in [6, 6.07) is 3.60. The number of aromatic nitrogens is 3. The summed E-state index contributed by atoms with van der Waals surface area (Å²) in [4.78, 5) is 27.8. The second-order valence-electron chi connectivity index (χ2n) is 5.75. The molecule has 3 heterocycles. The Hall–Kier alpha value is -2.35. The molecule has 24 heavy (non-hydrogen) atoms. The van der Waals surface area contributed by atoms with E-state index < -0.39 is 5.91 Å². The monoisotopic (exact) mass is 345 g/mol. The standard InChI is InChI=1S/C16H19N5O2S/c1-24-14-3-2-11(8-18-14)16(23)19-7-10-4-5-21-13(6-10)12(9-20-21)15(17)22/h2-3,8-10H,4-7H2,1H3,(H2,17,22)(H,19,23)/t10-/m1/s1. The number of carbonyl (C=O) groups excluding carboxylic acids is 2. The first-order valence-electron chi connectivity index (χ1n) is 7.71. The van der Waals surface area contributed by atoms with E-state index in [9.17, 15) is 9.59 Å². The number of pyridine rings is 1. The molecule has 0 fully saturated rings. The number of nitrogens with two attached hydrogens (primary N) is 1. The zero-order valence-electron chi connectivity index (χ0n) is 13.4. The summed E-state index contributed by atoms with van der Waals surface area (Å²) in [5.41, 5.74) is 7.26. The third-order valence-electron chi connectivity index (χ3n) is 4.20. The van der Waals surface area contributed by atoms with Crippen molar-refractivity contribution in [3.05, 3.63) is 41.3 Å². The molecule has 0 unspecified atom stereocenters. The number of hydrogen-bond donors (Lipinski definition) is 2. The van der Waals surface area contributed by atoms with Gasteiger partial charge in [0.05, 0.1) is 28.0 Å².